The summed E-state index contributed by atoms with van der Waals surface area (Å²) in [4.78, 5) is 6.45. The van der Waals surface area contributed by atoms with Crippen molar-refractivity contribution >= 4 is 0 Å². The maximum atomic E-state index is 11.8. The molecular weight excluding hydrogens is 157 g/mol. The molecule has 0 fully saturated rings. The van der Waals surface area contributed by atoms with Gasteiger partial charge in [0.15, 0.2) is 5.69 Å². The molecule has 2 nitrogen and oxygen atoms in total. The Labute approximate surface area is 61.1 Å². The highest BCUT2D eigenvalue weighted by molar-refractivity contribution is 5.06. The zero-order chi connectivity index (χ0) is 8.48. The van der Waals surface area contributed by atoms with Crippen LogP contribution in [0.3, 0.4) is 0 Å². The van der Waals surface area contributed by atoms with Crippen LogP contribution in [0.15, 0.2) is 12.4 Å². The Morgan fingerprint density at radius 2 is 1.82 bits per heavy atom. The van der Waals surface area contributed by atoms with Crippen LogP contribution in [0.25, 0.3) is 0 Å². The highest BCUT2D eigenvalue weighted by atomic mass is 19.4. The van der Waals surface area contributed by atoms with Gasteiger partial charge in [0.25, 0.3) is 0 Å². The zero-order valence-corrected chi connectivity index (χ0v) is 5.39. The minimum atomic E-state index is -4.42. The summed E-state index contributed by atoms with van der Waals surface area (Å²) in [6.45, 7) is 3.30. The van der Waals surface area contributed by atoms with Crippen LogP contribution >= 0.6 is 0 Å². The van der Waals surface area contributed by atoms with Crippen LogP contribution < -0.4 is 0 Å². The molecule has 1 radical (unpaired) electrons. The molecule has 0 aliphatic carbocycles. The Hall–Kier alpha value is -1.13. The lowest BCUT2D eigenvalue weighted by molar-refractivity contribution is -0.141. The first-order valence-corrected chi connectivity index (χ1v) is 2.71. The summed E-state index contributed by atoms with van der Waals surface area (Å²) in [6.07, 6.45) is -2.79. The largest absolute Gasteiger partial charge is 0.434 e. The first-order valence-electron chi connectivity index (χ1n) is 2.71. The predicted molar refractivity (Wildman–Crippen MR) is 31.5 cm³/mol. The fourth-order valence-electron chi connectivity index (χ4n) is 0.501. The summed E-state index contributed by atoms with van der Waals surface area (Å²) in [5.41, 5.74) is -0.775. The highest BCUT2D eigenvalue weighted by Gasteiger charge is 2.32. The normalized spacial score (nSPS) is 11.6. The molecule has 0 aromatic carbocycles. The lowest BCUT2D eigenvalue weighted by Crippen LogP contribution is -2.08. The zero-order valence-electron chi connectivity index (χ0n) is 5.39. The SMILES string of the molecule is [CH2]c1cnc(C(F)(F)F)cn1. The number of hydrogen-bond acceptors (Lipinski definition) is 2. The Morgan fingerprint density at radius 3 is 2.18 bits per heavy atom. The van der Waals surface area contributed by atoms with Gasteiger partial charge in [0, 0.05) is 6.20 Å². The maximum absolute atomic E-state index is 11.8. The van der Waals surface area contributed by atoms with Crippen LogP contribution in [-0.2, 0) is 6.18 Å². The quantitative estimate of drug-likeness (QED) is 0.578. The first kappa shape index (κ1) is 7.97. The van der Waals surface area contributed by atoms with Gasteiger partial charge in [-0.3, -0.25) is 4.98 Å². The summed E-state index contributed by atoms with van der Waals surface area (Å²) < 4.78 is 35.4. The minimum absolute atomic E-state index is 0.220. The molecule has 0 amide bonds. The number of halogens is 3. The fraction of sp³-hybridized carbons (Fsp3) is 0.167. The van der Waals surface area contributed by atoms with E-state index in [1.807, 2.05) is 0 Å². The summed E-state index contributed by atoms with van der Waals surface area (Å²) in [7, 11) is 0. The topological polar surface area (TPSA) is 25.8 Å². The second kappa shape index (κ2) is 2.48. The van der Waals surface area contributed by atoms with Crippen molar-refractivity contribution in [1.29, 1.82) is 0 Å². The first-order chi connectivity index (χ1) is 5.00. The fourth-order valence-corrected chi connectivity index (χ4v) is 0.501. The van der Waals surface area contributed by atoms with E-state index in [1.165, 1.54) is 0 Å². The van der Waals surface area contributed by atoms with Gasteiger partial charge in [-0.1, -0.05) is 0 Å². The van der Waals surface area contributed by atoms with E-state index >= 15 is 0 Å². The molecule has 0 aliphatic heterocycles. The molecule has 1 aromatic rings. The molecule has 11 heavy (non-hydrogen) atoms. The van der Waals surface area contributed by atoms with E-state index < -0.39 is 11.9 Å². The van der Waals surface area contributed by atoms with Gasteiger partial charge in [-0.15, -0.1) is 0 Å². The number of hydrogen-bond donors (Lipinski definition) is 0. The standard InChI is InChI=1S/C6H4F3N2/c1-4-2-11-5(3-10-4)6(7,8)9/h2-3H,1H2. The Bertz CT molecular complexity index is 239. The van der Waals surface area contributed by atoms with Crippen molar-refractivity contribution in [2.75, 3.05) is 0 Å². The summed E-state index contributed by atoms with van der Waals surface area (Å²) in [6, 6.07) is 0. The molecule has 0 saturated carbocycles. The Kier molecular flexibility index (Phi) is 1.80. The van der Waals surface area contributed by atoms with E-state index in [0.717, 1.165) is 6.20 Å². The van der Waals surface area contributed by atoms with Gasteiger partial charge in [-0.25, -0.2) is 4.98 Å². The molecule has 0 saturated heterocycles. The lowest BCUT2D eigenvalue weighted by atomic mass is 10.4. The van der Waals surface area contributed by atoms with Gasteiger partial charge < -0.3 is 0 Å². The average molecular weight is 161 g/mol. The average Bonchev–Trinajstić information content (AvgIpc) is 1.86. The summed E-state index contributed by atoms with van der Waals surface area (Å²) in [5, 5.41) is 0. The second-order valence-electron chi connectivity index (χ2n) is 1.89. The van der Waals surface area contributed by atoms with Gasteiger partial charge >= 0.3 is 6.18 Å². The van der Waals surface area contributed by atoms with Crippen LogP contribution in [-0.4, -0.2) is 9.97 Å². The number of alkyl halides is 3. The van der Waals surface area contributed by atoms with Crippen molar-refractivity contribution < 1.29 is 13.2 Å². The number of rotatable bonds is 0. The highest BCUT2D eigenvalue weighted by Crippen LogP contribution is 2.26. The third-order valence-electron chi connectivity index (χ3n) is 0.996. The molecule has 0 unspecified atom stereocenters. The second-order valence-corrected chi connectivity index (χ2v) is 1.89. The van der Waals surface area contributed by atoms with E-state index in [0.29, 0.717) is 6.20 Å². The molecule has 0 atom stereocenters. The van der Waals surface area contributed by atoms with E-state index in [1.54, 1.807) is 0 Å². The Balaban J connectivity index is 2.99. The molecule has 1 heterocycles. The Morgan fingerprint density at radius 1 is 1.18 bits per heavy atom. The molecule has 1 rings (SSSR count). The van der Waals surface area contributed by atoms with Gasteiger partial charge in [0.1, 0.15) is 0 Å². The van der Waals surface area contributed by atoms with E-state index in [-0.39, 0.29) is 5.69 Å². The molecule has 0 bridgehead atoms. The van der Waals surface area contributed by atoms with Gasteiger partial charge in [-0.2, -0.15) is 13.2 Å². The van der Waals surface area contributed by atoms with E-state index in [2.05, 4.69) is 16.9 Å². The smallest absolute Gasteiger partial charge is 0.257 e. The van der Waals surface area contributed by atoms with Gasteiger partial charge in [0.2, 0.25) is 0 Å². The van der Waals surface area contributed by atoms with Crippen molar-refractivity contribution in [2.24, 2.45) is 0 Å². The van der Waals surface area contributed by atoms with Crippen LogP contribution in [0, 0.1) is 6.92 Å². The van der Waals surface area contributed by atoms with Crippen LogP contribution in [0.2, 0.25) is 0 Å². The van der Waals surface area contributed by atoms with Gasteiger partial charge in [-0.05, 0) is 6.92 Å². The molecule has 0 spiro atoms. The van der Waals surface area contributed by atoms with Crippen molar-refractivity contribution in [3.05, 3.63) is 30.7 Å². The maximum Gasteiger partial charge on any atom is 0.434 e. The third-order valence-corrected chi connectivity index (χ3v) is 0.996. The van der Waals surface area contributed by atoms with Crippen LogP contribution in [0.1, 0.15) is 11.4 Å². The third kappa shape index (κ3) is 1.89. The van der Waals surface area contributed by atoms with Crippen LogP contribution in [0.4, 0.5) is 13.2 Å². The minimum Gasteiger partial charge on any atom is -0.257 e. The number of nitrogens with zero attached hydrogens (tertiary/aromatic N) is 2. The van der Waals surface area contributed by atoms with E-state index in [4.69, 9.17) is 0 Å². The number of aromatic nitrogens is 2. The molecule has 0 N–H and O–H groups in total. The molecule has 59 valence electrons. The predicted octanol–water partition coefficient (Wildman–Crippen LogP) is 1.68. The molecule has 1 aromatic heterocycles. The van der Waals surface area contributed by atoms with Crippen molar-refractivity contribution in [1.82, 2.24) is 9.97 Å². The summed E-state index contributed by atoms with van der Waals surface area (Å²) in [5.74, 6) is 0. The van der Waals surface area contributed by atoms with Gasteiger partial charge in [0.05, 0.1) is 11.9 Å². The van der Waals surface area contributed by atoms with Crippen molar-refractivity contribution in [3.63, 3.8) is 0 Å². The molecule has 5 heteroatoms. The monoisotopic (exact) mass is 161 g/mol. The van der Waals surface area contributed by atoms with Crippen LogP contribution in [0.5, 0.6) is 0 Å². The molecular formula is C6H4F3N2. The van der Waals surface area contributed by atoms with Crippen molar-refractivity contribution in [2.45, 2.75) is 6.18 Å². The van der Waals surface area contributed by atoms with Crippen molar-refractivity contribution in [3.8, 4) is 0 Å². The summed E-state index contributed by atoms with van der Waals surface area (Å²) >= 11 is 0. The van der Waals surface area contributed by atoms with E-state index in [9.17, 15) is 13.2 Å². The lowest BCUT2D eigenvalue weighted by Gasteiger charge is -2.03. The molecule has 0 aliphatic rings.